The van der Waals surface area contributed by atoms with Crippen LogP contribution in [-0.2, 0) is 4.74 Å². The maximum Gasteiger partial charge on any atom is 0.150 e. The van der Waals surface area contributed by atoms with Crippen LogP contribution in [0.15, 0.2) is 48.5 Å². The summed E-state index contributed by atoms with van der Waals surface area (Å²) in [6.07, 6.45) is 1.74. The number of ether oxygens (including phenoxy) is 1. The van der Waals surface area contributed by atoms with Crippen molar-refractivity contribution in [1.82, 2.24) is 0 Å². The van der Waals surface area contributed by atoms with Crippen molar-refractivity contribution in [3.05, 3.63) is 70.8 Å². The van der Waals surface area contributed by atoms with Crippen LogP contribution in [0.2, 0.25) is 0 Å². The summed E-state index contributed by atoms with van der Waals surface area (Å²) in [6.45, 7) is 0. The molecule has 3 rings (SSSR count). The molecule has 2 aromatic carbocycles. The summed E-state index contributed by atoms with van der Waals surface area (Å²) in [5.41, 5.74) is 3.46. The molecule has 1 aliphatic heterocycles. The fraction of sp³-hybridized carbons (Fsp3) is 0.125. The Balaban J connectivity index is 1.75. The van der Waals surface area contributed by atoms with E-state index in [0.717, 1.165) is 23.7 Å². The minimum atomic E-state index is 0.0442. The van der Waals surface area contributed by atoms with Crippen molar-refractivity contribution in [3.8, 4) is 0 Å². The van der Waals surface area contributed by atoms with Gasteiger partial charge in [-0.1, -0.05) is 48.5 Å². The number of hydrogen-bond donors (Lipinski definition) is 0. The molecule has 94 valence electrons. The molecule has 0 aliphatic carbocycles. The van der Waals surface area contributed by atoms with Gasteiger partial charge in [0.05, 0.1) is 0 Å². The molecule has 3 nitrogen and oxygen atoms in total. The first kappa shape index (κ1) is 11.8. The molecule has 0 unspecified atom stereocenters. The molecule has 0 saturated carbocycles. The van der Waals surface area contributed by atoms with Gasteiger partial charge in [-0.05, 0) is 11.1 Å². The van der Waals surface area contributed by atoms with Gasteiger partial charge in [-0.15, -0.1) is 0 Å². The number of carbonyl (C=O) groups is 2. The molecule has 0 aromatic heterocycles. The topological polar surface area (TPSA) is 46.7 Å². The average molecular weight is 252 g/mol. The standard InChI is InChI=1S/C16H12O3/c17-9-11-1-5-13(6-2-11)15-16(19-15)14-7-3-12(10-18)4-8-14/h1-10,15-16H/t15-,16-/m1/s1. The van der Waals surface area contributed by atoms with E-state index in [1.54, 1.807) is 24.3 Å². The van der Waals surface area contributed by atoms with Gasteiger partial charge in [0.25, 0.3) is 0 Å². The summed E-state index contributed by atoms with van der Waals surface area (Å²) in [5.74, 6) is 0. The number of aldehydes is 2. The van der Waals surface area contributed by atoms with Gasteiger partial charge < -0.3 is 4.74 Å². The maximum absolute atomic E-state index is 10.6. The van der Waals surface area contributed by atoms with E-state index in [9.17, 15) is 9.59 Å². The summed E-state index contributed by atoms with van der Waals surface area (Å²) < 4.78 is 5.66. The molecule has 2 aromatic rings. The highest BCUT2D eigenvalue weighted by Gasteiger charge is 2.41. The van der Waals surface area contributed by atoms with E-state index in [1.807, 2.05) is 24.3 Å². The molecular formula is C16H12O3. The minimum absolute atomic E-state index is 0.0442. The van der Waals surface area contributed by atoms with Crippen LogP contribution in [0.25, 0.3) is 0 Å². The molecule has 0 spiro atoms. The van der Waals surface area contributed by atoms with E-state index < -0.39 is 0 Å². The first-order valence-corrected chi connectivity index (χ1v) is 6.07. The SMILES string of the molecule is O=Cc1ccc([C@H]2O[C@@H]2c2ccc(C=O)cc2)cc1. The Morgan fingerprint density at radius 2 is 1.05 bits per heavy atom. The molecule has 0 radical (unpaired) electrons. The van der Waals surface area contributed by atoms with Gasteiger partial charge in [0.15, 0.2) is 0 Å². The van der Waals surface area contributed by atoms with Crippen LogP contribution in [0, 0.1) is 0 Å². The van der Waals surface area contributed by atoms with Crippen LogP contribution in [0.4, 0.5) is 0 Å². The molecule has 1 aliphatic rings. The second kappa shape index (κ2) is 4.78. The van der Waals surface area contributed by atoms with Crippen molar-refractivity contribution in [2.24, 2.45) is 0 Å². The Morgan fingerprint density at radius 3 is 1.37 bits per heavy atom. The number of rotatable bonds is 4. The van der Waals surface area contributed by atoms with Crippen molar-refractivity contribution in [2.75, 3.05) is 0 Å². The van der Waals surface area contributed by atoms with Crippen LogP contribution in [0.5, 0.6) is 0 Å². The van der Waals surface area contributed by atoms with E-state index in [-0.39, 0.29) is 12.2 Å². The molecule has 1 fully saturated rings. The summed E-state index contributed by atoms with van der Waals surface area (Å²) in [6, 6.07) is 14.8. The van der Waals surface area contributed by atoms with E-state index in [0.29, 0.717) is 11.1 Å². The van der Waals surface area contributed by atoms with Gasteiger partial charge in [0, 0.05) is 11.1 Å². The van der Waals surface area contributed by atoms with Crippen molar-refractivity contribution >= 4 is 12.6 Å². The highest BCUT2D eigenvalue weighted by molar-refractivity contribution is 5.75. The van der Waals surface area contributed by atoms with E-state index in [1.165, 1.54) is 0 Å². The molecule has 0 bridgehead atoms. The third kappa shape index (κ3) is 2.33. The molecule has 0 N–H and O–H groups in total. The summed E-state index contributed by atoms with van der Waals surface area (Å²) in [4.78, 5) is 21.2. The van der Waals surface area contributed by atoms with Crippen LogP contribution in [0.1, 0.15) is 44.1 Å². The van der Waals surface area contributed by atoms with E-state index in [4.69, 9.17) is 4.74 Å². The molecule has 2 atom stereocenters. The molecule has 3 heteroatoms. The zero-order chi connectivity index (χ0) is 13.2. The van der Waals surface area contributed by atoms with Crippen LogP contribution < -0.4 is 0 Å². The number of hydrogen-bond acceptors (Lipinski definition) is 3. The van der Waals surface area contributed by atoms with Gasteiger partial charge in [0.2, 0.25) is 0 Å². The summed E-state index contributed by atoms with van der Waals surface area (Å²) in [5, 5.41) is 0. The second-order valence-electron chi connectivity index (χ2n) is 4.55. The second-order valence-corrected chi connectivity index (χ2v) is 4.55. The lowest BCUT2D eigenvalue weighted by Crippen LogP contribution is -1.87. The Kier molecular flexibility index (Phi) is 2.97. The summed E-state index contributed by atoms with van der Waals surface area (Å²) in [7, 11) is 0. The minimum Gasteiger partial charge on any atom is -0.359 e. The van der Waals surface area contributed by atoms with Crippen molar-refractivity contribution in [1.29, 1.82) is 0 Å². The lowest BCUT2D eigenvalue weighted by Gasteiger charge is -1.98. The van der Waals surface area contributed by atoms with Crippen molar-refractivity contribution in [3.63, 3.8) is 0 Å². The predicted molar refractivity (Wildman–Crippen MR) is 70.2 cm³/mol. The average Bonchev–Trinajstić information content (AvgIpc) is 3.28. The Labute approximate surface area is 110 Å². The first-order valence-electron chi connectivity index (χ1n) is 6.07. The summed E-state index contributed by atoms with van der Waals surface area (Å²) >= 11 is 0. The highest BCUT2D eigenvalue weighted by Crippen LogP contribution is 2.50. The molecule has 0 amide bonds. The van der Waals surface area contributed by atoms with Gasteiger partial charge >= 0.3 is 0 Å². The Hall–Kier alpha value is -2.26. The number of epoxide rings is 1. The molecule has 1 saturated heterocycles. The zero-order valence-corrected chi connectivity index (χ0v) is 10.2. The van der Waals surface area contributed by atoms with Gasteiger partial charge in [-0.2, -0.15) is 0 Å². The third-order valence-electron chi connectivity index (χ3n) is 3.29. The van der Waals surface area contributed by atoms with Crippen LogP contribution in [0.3, 0.4) is 0 Å². The first-order chi connectivity index (χ1) is 9.31. The van der Waals surface area contributed by atoms with Gasteiger partial charge in [-0.3, -0.25) is 9.59 Å². The fourth-order valence-corrected chi connectivity index (χ4v) is 2.15. The Morgan fingerprint density at radius 1 is 0.684 bits per heavy atom. The van der Waals surface area contributed by atoms with Crippen LogP contribution in [-0.4, -0.2) is 12.6 Å². The van der Waals surface area contributed by atoms with E-state index in [2.05, 4.69) is 0 Å². The number of carbonyl (C=O) groups excluding carboxylic acids is 2. The zero-order valence-electron chi connectivity index (χ0n) is 10.2. The Bertz CT molecular complexity index is 543. The van der Waals surface area contributed by atoms with Crippen LogP contribution >= 0.6 is 0 Å². The number of benzene rings is 2. The maximum atomic E-state index is 10.6. The van der Waals surface area contributed by atoms with E-state index >= 15 is 0 Å². The lowest BCUT2D eigenvalue weighted by atomic mass is 10.0. The van der Waals surface area contributed by atoms with Crippen molar-refractivity contribution in [2.45, 2.75) is 12.2 Å². The lowest BCUT2D eigenvalue weighted by molar-refractivity contribution is 0.111. The molecule has 19 heavy (non-hydrogen) atoms. The fourth-order valence-electron chi connectivity index (χ4n) is 2.15. The normalized spacial score (nSPS) is 20.8. The predicted octanol–water partition coefficient (Wildman–Crippen LogP) is 3.12. The molecular weight excluding hydrogens is 240 g/mol. The van der Waals surface area contributed by atoms with Gasteiger partial charge in [-0.25, -0.2) is 0 Å². The monoisotopic (exact) mass is 252 g/mol. The highest BCUT2D eigenvalue weighted by atomic mass is 16.6. The smallest absolute Gasteiger partial charge is 0.150 e. The van der Waals surface area contributed by atoms with Crippen molar-refractivity contribution < 1.29 is 14.3 Å². The third-order valence-corrected chi connectivity index (χ3v) is 3.29. The quantitative estimate of drug-likeness (QED) is 0.620. The molecule has 1 heterocycles. The van der Waals surface area contributed by atoms with Gasteiger partial charge in [0.1, 0.15) is 24.8 Å². The largest absolute Gasteiger partial charge is 0.359 e.